The Kier molecular flexibility index (Phi) is 5.99. The largest absolute Gasteiger partial charge is 0.343 e. The van der Waals surface area contributed by atoms with E-state index in [1.807, 2.05) is 13.8 Å². The molecule has 1 unspecified atom stereocenters. The number of fused-ring (bicyclic) bond motifs is 1. The normalized spacial score (nSPS) is 18.3. The van der Waals surface area contributed by atoms with E-state index in [4.69, 9.17) is 0 Å². The van der Waals surface area contributed by atoms with Gasteiger partial charge in [-0.3, -0.25) is 19.7 Å². The Morgan fingerprint density at radius 1 is 1.11 bits per heavy atom. The van der Waals surface area contributed by atoms with Crippen LogP contribution in [0.2, 0.25) is 0 Å². The van der Waals surface area contributed by atoms with Gasteiger partial charge in [0.15, 0.2) is 10.9 Å². The number of ketones is 1. The second-order valence-corrected chi connectivity index (χ2v) is 10.8. The molecule has 0 spiro atoms. The minimum absolute atomic E-state index is 0.00845. The Balaban J connectivity index is 1.52. The van der Waals surface area contributed by atoms with Gasteiger partial charge in [0.25, 0.3) is 11.2 Å². The topological polar surface area (TPSA) is 118 Å². The highest BCUT2D eigenvalue weighted by atomic mass is 32.2. The van der Waals surface area contributed by atoms with Crippen molar-refractivity contribution in [3.8, 4) is 0 Å². The van der Waals surface area contributed by atoms with E-state index >= 15 is 0 Å². The standard InChI is InChI=1S/C26H23FN4O4S/c1-26(2)11-18-21(19(32)12-26)20(15-5-7-16(27)8-6-15)22-23(28-18)29-25(30-24(22)33)36-13-14-3-9-17(10-4-14)31(34)35/h3-10,20H,11-13H2,1-2H3,(H2,28,29,30,33). The van der Waals surface area contributed by atoms with Crippen LogP contribution < -0.4 is 10.9 Å². The third-order valence-electron chi connectivity index (χ3n) is 6.43. The Morgan fingerprint density at radius 2 is 1.81 bits per heavy atom. The average molecular weight is 507 g/mol. The second kappa shape index (κ2) is 9.02. The van der Waals surface area contributed by atoms with Crippen molar-refractivity contribution in [2.24, 2.45) is 5.41 Å². The fourth-order valence-corrected chi connectivity index (χ4v) is 5.63. The van der Waals surface area contributed by atoms with E-state index in [1.165, 1.54) is 36.0 Å². The highest BCUT2D eigenvalue weighted by molar-refractivity contribution is 7.98. The number of aromatic amines is 1. The zero-order chi connectivity index (χ0) is 25.6. The number of non-ortho nitro benzene ring substituents is 1. The summed E-state index contributed by atoms with van der Waals surface area (Å²) in [5.41, 5.74) is 2.47. The fourth-order valence-electron chi connectivity index (χ4n) is 4.82. The molecular weight excluding hydrogens is 483 g/mol. The number of hydrogen-bond acceptors (Lipinski definition) is 7. The predicted octanol–water partition coefficient (Wildman–Crippen LogP) is 5.31. The number of aromatic nitrogens is 2. The number of benzene rings is 2. The number of rotatable bonds is 5. The number of nitrogens with zero attached hydrogens (tertiary/aromatic N) is 2. The molecule has 0 amide bonds. The van der Waals surface area contributed by atoms with Crippen LogP contribution in [-0.2, 0) is 10.5 Å². The molecule has 1 aromatic heterocycles. The molecule has 0 saturated carbocycles. The van der Waals surface area contributed by atoms with Crippen molar-refractivity contribution in [3.63, 3.8) is 0 Å². The molecule has 3 aromatic rings. The number of nitro benzene ring substituents is 1. The molecule has 2 aliphatic rings. The van der Waals surface area contributed by atoms with E-state index in [9.17, 15) is 24.1 Å². The van der Waals surface area contributed by atoms with Gasteiger partial charge in [0.2, 0.25) is 0 Å². The molecule has 184 valence electrons. The molecule has 36 heavy (non-hydrogen) atoms. The van der Waals surface area contributed by atoms with Crippen molar-refractivity contribution < 1.29 is 14.1 Å². The van der Waals surface area contributed by atoms with Crippen LogP contribution in [0.3, 0.4) is 0 Å². The molecule has 1 aliphatic carbocycles. The number of carbonyl (C=O) groups excluding carboxylic acids is 1. The van der Waals surface area contributed by atoms with E-state index in [1.54, 1.807) is 24.3 Å². The number of halogens is 1. The quantitative estimate of drug-likeness (QED) is 0.208. The van der Waals surface area contributed by atoms with Gasteiger partial charge in [-0.15, -0.1) is 0 Å². The molecule has 1 aliphatic heterocycles. The summed E-state index contributed by atoms with van der Waals surface area (Å²) in [5.74, 6) is -0.262. The minimum Gasteiger partial charge on any atom is -0.343 e. The summed E-state index contributed by atoms with van der Waals surface area (Å²) < 4.78 is 13.7. The maximum absolute atomic E-state index is 13.7. The summed E-state index contributed by atoms with van der Waals surface area (Å²) in [7, 11) is 0. The van der Waals surface area contributed by atoms with Crippen LogP contribution in [0.5, 0.6) is 0 Å². The van der Waals surface area contributed by atoms with Crippen molar-refractivity contribution in [1.82, 2.24) is 9.97 Å². The monoisotopic (exact) mass is 506 g/mol. The molecule has 8 nitrogen and oxygen atoms in total. The first-order chi connectivity index (χ1) is 17.1. The summed E-state index contributed by atoms with van der Waals surface area (Å²) in [5, 5.41) is 14.5. The number of Topliss-reactive ketones (excluding diaryl/α,β-unsaturated/α-hetero) is 1. The molecule has 10 heteroatoms. The smallest absolute Gasteiger partial charge is 0.269 e. The maximum atomic E-state index is 13.7. The van der Waals surface area contributed by atoms with Gasteiger partial charge in [-0.25, -0.2) is 9.37 Å². The van der Waals surface area contributed by atoms with E-state index in [0.29, 0.717) is 46.3 Å². The number of allylic oxidation sites excluding steroid dienone is 2. The van der Waals surface area contributed by atoms with Gasteiger partial charge >= 0.3 is 0 Å². The molecule has 2 N–H and O–H groups in total. The summed E-state index contributed by atoms with van der Waals surface area (Å²) >= 11 is 1.29. The molecule has 0 saturated heterocycles. The lowest BCUT2D eigenvalue weighted by Gasteiger charge is -2.38. The maximum Gasteiger partial charge on any atom is 0.269 e. The van der Waals surface area contributed by atoms with Crippen molar-refractivity contribution >= 4 is 29.1 Å². The number of anilines is 1. The van der Waals surface area contributed by atoms with Gasteiger partial charge in [0.1, 0.15) is 11.6 Å². The third-order valence-corrected chi connectivity index (χ3v) is 7.37. The second-order valence-electron chi connectivity index (χ2n) is 9.79. The molecule has 5 rings (SSSR count). The zero-order valence-corrected chi connectivity index (χ0v) is 20.4. The van der Waals surface area contributed by atoms with Crippen molar-refractivity contribution in [2.45, 2.75) is 43.5 Å². The van der Waals surface area contributed by atoms with Crippen molar-refractivity contribution in [1.29, 1.82) is 0 Å². The van der Waals surface area contributed by atoms with E-state index in [-0.39, 0.29) is 22.4 Å². The summed E-state index contributed by atoms with van der Waals surface area (Å²) in [6, 6.07) is 12.0. The Bertz CT molecular complexity index is 1460. The number of thioether (sulfide) groups is 1. The number of H-pyrrole nitrogens is 1. The Hall–Kier alpha value is -3.79. The van der Waals surface area contributed by atoms with E-state index in [2.05, 4.69) is 15.3 Å². The lowest BCUT2D eigenvalue weighted by Crippen LogP contribution is -2.37. The Morgan fingerprint density at radius 3 is 2.47 bits per heavy atom. The molecule has 2 aromatic carbocycles. The predicted molar refractivity (Wildman–Crippen MR) is 134 cm³/mol. The molecule has 0 radical (unpaired) electrons. The van der Waals surface area contributed by atoms with Gasteiger partial charge < -0.3 is 10.3 Å². The molecule has 0 fully saturated rings. The van der Waals surface area contributed by atoms with Crippen molar-refractivity contribution in [2.75, 3.05) is 5.32 Å². The SMILES string of the molecule is CC1(C)CC(=O)C2=C(C1)Nc1nc(SCc3ccc([N+](=O)[O-])cc3)[nH]c(=O)c1C2c1ccc(F)cc1. The first-order valence-electron chi connectivity index (χ1n) is 11.4. The van der Waals surface area contributed by atoms with Crippen LogP contribution in [0, 0.1) is 21.3 Å². The summed E-state index contributed by atoms with van der Waals surface area (Å²) in [6.45, 7) is 4.05. The summed E-state index contributed by atoms with van der Waals surface area (Å²) in [4.78, 5) is 44.5. The molecule has 0 bridgehead atoms. The van der Waals surface area contributed by atoms with Crippen LogP contribution >= 0.6 is 11.8 Å². The van der Waals surface area contributed by atoms with Gasteiger partial charge in [-0.05, 0) is 35.1 Å². The Labute approximate surface area is 210 Å². The number of hydrogen-bond donors (Lipinski definition) is 2. The first kappa shape index (κ1) is 23.9. The number of carbonyl (C=O) groups is 1. The van der Waals surface area contributed by atoms with Crippen LogP contribution in [0.4, 0.5) is 15.9 Å². The highest BCUT2D eigenvalue weighted by Gasteiger charge is 2.42. The fraction of sp³-hybridized carbons (Fsp3) is 0.269. The molecular formula is C26H23FN4O4S. The van der Waals surface area contributed by atoms with Crippen molar-refractivity contribution in [3.05, 3.63) is 103 Å². The van der Waals surface area contributed by atoms with E-state index in [0.717, 1.165) is 11.3 Å². The van der Waals surface area contributed by atoms with Gasteiger partial charge in [0.05, 0.1) is 10.5 Å². The van der Waals surface area contributed by atoms with Crippen LogP contribution in [0.25, 0.3) is 0 Å². The van der Waals surface area contributed by atoms with E-state index < -0.39 is 16.7 Å². The lowest BCUT2D eigenvalue weighted by molar-refractivity contribution is -0.384. The van der Waals surface area contributed by atoms with Gasteiger partial charge in [-0.2, -0.15) is 0 Å². The van der Waals surface area contributed by atoms with Crippen LogP contribution in [-0.4, -0.2) is 20.7 Å². The number of nitrogens with one attached hydrogen (secondary N) is 2. The molecule has 2 heterocycles. The highest BCUT2D eigenvalue weighted by Crippen LogP contribution is 2.47. The van der Waals surface area contributed by atoms with Crippen LogP contribution in [0.1, 0.15) is 49.3 Å². The molecule has 1 atom stereocenters. The lowest BCUT2D eigenvalue weighted by atomic mass is 9.69. The van der Waals surface area contributed by atoms with Crippen LogP contribution in [0.15, 0.2) is 69.8 Å². The third kappa shape index (κ3) is 4.56. The zero-order valence-electron chi connectivity index (χ0n) is 19.6. The number of nitro groups is 1. The van der Waals surface area contributed by atoms with Gasteiger partial charge in [0, 0.05) is 41.5 Å². The summed E-state index contributed by atoms with van der Waals surface area (Å²) in [6.07, 6.45) is 0.972. The van der Waals surface area contributed by atoms with Gasteiger partial charge in [-0.1, -0.05) is 49.9 Å². The first-order valence-corrected chi connectivity index (χ1v) is 12.4. The minimum atomic E-state index is -0.648. The average Bonchev–Trinajstić information content (AvgIpc) is 2.81.